The quantitative estimate of drug-likeness (QED) is 0.377. The number of hydrogen-bond donors (Lipinski definition) is 2. The smallest absolute Gasteiger partial charge is 0.328 e. The summed E-state index contributed by atoms with van der Waals surface area (Å²) in [6, 6.07) is 5.24. The van der Waals surface area contributed by atoms with Crippen molar-refractivity contribution in [3.05, 3.63) is 41.2 Å². The Morgan fingerprint density at radius 1 is 0.974 bits per heavy atom. The molecule has 2 rings (SSSR count). The van der Waals surface area contributed by atoms with E-state index in [1.165, 1.54) is 0 Å². The number of nitrogens with one attached hydrogen (secondary N) is 2. The first-order valence-corrected chi connectivity index (χ1v) is 12.7. The predicted octanol–water partition coefficient (Wildman–Crippen LogP) is 2.64. The van der Waals surface area contributed by atoms with Gasteiger partial charge in [0.2, 0.25) is 5.91 Å². The van der Waals surface area contributed by atoms with Gasteiger partial charge in [-0.2, -0.15) is 5.10 Å². The molecule has 0 unspecified atom stereocenters. The average molecular weight is 531 g/mol. The topological polar surface area (TPSA) is 138 Å². The minimum absolute atomic E-state index is 0.00894. The van der Waals surface area contributed by atoms with Crippen LogP contribution in [0.3, 0.4) is 0 Å². The minimum Gasteiger partial charge on any atom is -0.497 e. The van der Waals surface area contributed by atoms with E-state index in [9.17, 15) is 19.2 Å². The Labute approximate surface area is 223 Å². The van der Waals surface area contributed by atoms with Crippen molar-refractivity contribution in [2.45, 2.75) is 66.5 Å². The molecular formula is C27H38N4O7. The van der Waals surface area contributed by atoms with Gasteiger partial charge in [0.15, 0.2) is 0 Å². The summed E-state index contributed by atoms with van der Waals surface area (Å²) in [6.45, 7) is 10.7. The van der Waals surface area contributed by atoms with Gasteiger partial charge in [-0.25, -0.2) is 9.48 Å². The zero-order valence-corrected chi connectivity index (χ0v) is 23.1. The highest BCUT2D eigenvalue weighted by atomic mass is 16.5. The van der Waals surface area contributed by atoms with Crippen LogP contribution in [0.15, 0.2) is 24.3 Å². The standard InChI is InChI=1S/C27H38N4O7/c1-8-37-22(32)15-14-21(27(35)38-9-2)28-26(34)24(16(3)4)29-25(33)23-17(5)30-31(18(23)6)19-10-12-20(36-7)13-11-19/h10-13,16,21,24H,8-9,14-15H2,1-7H3,(H,28,34)(H,29,33)/t21-,24+/m1/s1. The molecule has 11 nitrogen and oxygen atoms in total. The first kappa shape index (κ1) is 30.3. The molecule has 0 saturated carbocycles. The molecule has 0 bridgehead atoms. The van der Waals surface area contributed by atoms with E-state index in [4.69, 9.17) is 14.2 Å². The molecule has 0 fully saturated rings. The number of hydrogen-bond acceptors (Lipinski definition) is 8. The molecule has 11 heteroatoms. The van der Waals surface area contributed by atoms with Gasteiger partial charge in [-0.05, 0) is 64.3 Å². The summed E-state index contributed by atoms with van der Waals surface area (Å²) in [4.78, 5) is 50.8. The van der Waals surface area contributed by atoms with Gasteiger partial charge in [0.25, 0.3) is 5.91 Å². The lowest BCUT2D eigenvalue weighted by Gasteiger charge is -2.25. The highest BCUT2D eigenvalue weighted by Crippen LogP contribution is 2.21. The number of nitrogens with zero attached hydrogens (tertiary/aromatic N) is 2. The molecule has 2 N–H and O–H groups in total. The Kier molecular flexibility index (Phi) is 11.3. The van der Waals surface area contributed by atoms with Crippen molar-refractivity contribution in [2.75, 3.05) is 20.3 Å². The van der Waals surface area contributed by atoms with Crippen molar-refractivity contribution in [2.24, 2.45) is 5.92 Å². The van der Waals surface area contributed by atoms with Crippen LogP contribution in [0.5, 0.6) is 5.75 Å². The number of esters is 2. The molecule has 0 aliphatic rings. The molecule has 0 spiro atoms. The molecule has 208 valence electrons. The monoisotopic (exact) mass is 530 g/mol. The Morgan fingerprint density at radius 2 is 1.61 bits per heavy atom. The summed E-state index contributed by atoms with van der Waals surface area (Å²) in [5.41, 5.74) is 2.20. The molecule has 1 heterocycles. The molecule has 0 aliphatic carbocycles. The predicted molar refractivity (Wildman–Crippen MR) is 140 cm³/mol. The van der Waals surface area contributed by atoms with Crippen LogP contribution in [-0.2, 0) is 23.9 Å². The first-order chi connectivity index (χ1) is 18.0. The lowest BCUT2D eigenvalue weighted by molar-refractivity contribution is -0.149. The third-order valence-electron chi connectivity index (χ3n) is 5.90. The maximum atomic E-state index is 13.3. The summed E-state index contributed by atoms with van der Waals surface area (Å²) >= 11 is 0. The van der Waals surface area contributed by atoms with E-state index in [-0.39, 0.29) is 32.0 Å². The second-order valence-electron chi connectivity index (χ2n) is 9.01. The third-order valence-corrected chi connectivity index (χ3v) is 5.90. The fraction of sp³-hybridized carbons (Fsp3) is 0.519. The number of rotatable bonds is 13. The lowest BCUT2D eigenvalue weighted by Crippen LogP contribution is -2.54. The molecule has 2 aromatic rings. The number of aromatic nitrogens is 2. The second-order valence-corrected chi connectivity index (χ2v) is 9.01. The first-order valence-electron chi connectivity index (χ1n) is 12.7. The number of amides is 2. The molecule has 2 amide bonds. The summed E-state index contributed by atoms with van der Waals surface area (Å²) < 4.78 is 16.8. The van der Waals surface area contributed by atoms with Crippen molar-refractivity contribution in [3.8, 4) is 11.4 Å². The molecular weight excluding hydrogens is 492 g/mol. The van der Waals surface area contributed by atoms with E-state index >= 15 is 0 Å². The molecule has 1 aromatic heterocycles. The third kappa shape index (κ3) is 7.80. The Bertz CT molecular complexity index is 1130. The van der Waals surface area contributed by atoms with E-state index in [0.29, 0.717) is 22.7 Å². The Balaban J connectivity index is 2.22. The van der Waals surface area contributed by atoms with Crippen LogP contribution in [0.1, 0.15) is 62.3 Å². The van der Waals surface area contributed by atoms with Gasteiger partial charge >= 0.3 is 11.9 Å². The van der Waals surface area contributed by atoms with Crippen molar-refractivity contribution in [1.82, 2.24) is 20.4 Å². The molecule has 0 aliphatic heterocycles. The number of carbonyl (C=O) groups is 4. The normalized spacial score (nSPS) is 12.4. The molecule has 0 radical (unpaired) electrons. The van der Waals surface area contributed by atoms with Crippen LogP contribution in [-0.4, -0.2) is 65.9 Å². The van der Waals surface area contributed by atoms with Crippen LogP contribution < -0.4 is 15.4 Å². The van der Waals surface area contributed by atoms with Crippen molar-refractivity contribution in [1.29, 1.82) is 0 Å². The van der Waals surface area contributed by atoms with E-state index in [1.807, 2.05) is 12.1 Å². The van der Waals surface area contributed by atoms with Gasteiger partial charge in [-0.15, -0.1) is 0 Å². The summed E-state index contributed by atoms with van der Waals surface area (Å²) in [5.74, 6) is -1.77. The minimum atomic E-state index is -1.06. The highest BCUT2D eigenvalue weighted by molar-refractivity contribution is 6.00. The van der Waals surface area contributed by atoms with Crippen molar-refractivity contribution in [3.63, 3.8) is 0 Å². The average Bonchev–Trinajstić information content (AvgIpc) is 3.18. The number of aryl methyl sites for hydroxylation is 1. The van der Waals surface area contributed by atoms with Crippen LogP contribution in [0.25, 0.3) is 5.69 Å². The molecule has 0 saturated heterocycles. The number of methoxy groups -OCH3 is 1. The Morgan fingerprint density at radius 3 is 2.16 bits per heavy atom. The fourth-order valence-corrected chi connectivity index (χ4v) is 3.94. The largest absolute Gasteiger partial charge is 0.497 e. The SMILES string of the molecule is CCOC(=O)CC[C@@H](NC(=O)[C@@H](NC(=O)c1c(C)nn(-c2ccc(OC)cc2)c1C)C(C)C)C(=O)OCC. The molecule has 2 atom stereocenters. The van der Waals surface area contributed by atoms with Crippen LogP contribution in [0, 0.1) is 19.8 Å². The number of ether oxygens (including phenoxy) is 3. The maximum Gasteiger partial charge on any atom is 0.328 e. The zero-order chi connectivity index (χ0) is 28.4. The van der Waals surface area contributed by atoms with Crippen LogP contribution >= 0.6 is 0 Å². The number of carbonyl (C=O) groups excluding carboxylic acids is 4. The van der Waals surface area contributed by atoms with Gasteiger partial charge in [0.05, 0.1) is 43.0 Å². The molecule has 1 aromatic carbocycles. The second kappa shape index (κ2) is 14.2. The lowest BCUT2D eigenvalue weighted by atomic mass is 10.0. The summed E-state index contributed by atoms with van der Waals surface area (Å²) in [5, 5.41) is 9.94. The maximum absolute atomic E-state index is 13.3. The van der Waals surface area contributed by atoms with Gasteiger partial charge in [0, 0.05) is 6.42 Å². The zero-order valence-electron chi connectivity index (χ0n) is 23.1. The van der Waals surface area contributed by atoms with E-state index in [2.05, 4.69) is 15.7 Å². The van der Waals surface area contributed by atoms with Gasteiger partial charge < -0.3 is 24.8 Å². The van der Waals surface area contributed by atoms with Gasteiger partial charge in [-0.1, -0.05) is 13.8 Å². The molecule has 38 heavy (non-hydrogen) atoms. The summed E-state index contributed by atoms with van der Waals surface area (Å²) in [7, 11) is 1.58. The van der Waals surface area contributed by atoms with E-state index in [1.54, 1.807) is 65.5 Å². The highest BCUT2D eigenvalue weighted by Gasteiger charge is 2.31. The van der Waals surface area contributed by atoms with Crippen molar-refractivity contribution < 1.29 is 33.4 Å². The fourth-order valence-electron chi connectivity index (χ4n) is 3.94. The van der Waals surface area contributed by atoms with Crippen molar-refractivity contribution >= 4 is 23.8 Å². The Hall–Kier alpha value is -3.89. The van der Waals surface area contributed by atoms with Gasteiger partial charge in [-0.3, -0.25) is 14.4 Å². The van der Waals surface area contributed by atoms with Crippen LogP contribution in [0.4, 0.5) is 0 Å². The summed E-state index contributed by atoms with van der Waals surface area (Å²) in [6.07, 6.45) is -0.0613. The van der Waals surface area contributed by atoms with Gasteiger partial charge in [0.1, 0.15) is 17.8 Å². The number of benzene rings is 1. The van der Waals surface area contributed by atoms with E-state index < -0.39 is 35.8 Å². The van der Waals surface area contributed by atoms with E-state index in [0.717, 1.165) is 5.69 Å². The van der Waals surface area contributed by atoms with Crippen LogP contribution in [0.2, 0.25) is 0 Å².